The Bertz CT molecular complexity index is 399. The fourth-order valence-corrected chi connectivity index (χ4v) is 2.29. The summed E-state index contributed by atoms with van der Waals surface area (Å²) in [6.07, 6.45) is -2.07. The average Bonchev–Trinajstić information content (AvgIpc) is 2.38. The zero-order chi connectivity index (χ0) is 13.2. The van der Waals surface area contributed by atoms with Gasteiger partial charge in [0.2, 0.25) is 0 Å². The smallest absolute Gasteiger partial charge is 0.376 e. The second kappa shape index (κ2) is 5.28. The normalized spacial score (nSPS) is 22.8. The predicted molar refractivity (Wildman–Crippen MR) is 62.0 cm³/mol. The van der Waals surface area contributed by atoms with E-state index in [1.165, 1.54) is 12.1 Å². The van der Waals surface area contributed by atoms with Gasteiger partial charge in [0.15, 0.2) is 0 Å². The van der Waals surface area contributed by atoms with E-state index in [9.17, 15) is 13.2 Å². The summed E-state index contributed by atoms with van der Waals surface area (Å²) in [4.78, 5) is 0. The standard InChI is InChI=1S/C13H16F3NO/c14-13(15,16)10-6-2-1-5-9(10)12(17)11-7-3-4-8-18-11/h1-2,5-6,11-12H,3-4,7-8,17H2. The Morgan fingerprint density at radius 2 is 1.94 bits per heavy atom. The SMILES string of the molecule is NC(c1ccccc1C(F)(F)F)C1CCCCO1. The van der Waals surface area contributed by atoms with Crippen LogP contribution in [0.15, 0.2) is 24.3 Å². The van der Waals surface area contributed by atoms with E-state index < -0.39 is 17.8 Å². The Hall–Kier alpha value is -1.07. The molecule has 100 valence electrons. The van der Waals surface area contributed by atoms with Crippen molar-refractivity contribution in [1.82, 2.24) is 0 Å². The second-order valence-corrected chi connectivity index (χ2v) is 4.52. The van der Waals surface area contributed by atoms with Gasteiger partial charge in [-0.25, -0.2) is 0 Å². The van der Waals surface area contributed by atoms with Gasteiger partial charge in [-0.2, -0.15) is 13.2 Å². The highest BCUT2D eigenvalue weighted by molar-refractivity contribution is 5.32. The maximum absolute atomic E-state index is 12.9. The largest absolute Gasteiger partial charge is 0.416 e. The number of benzene rings is 1. The summed E-state index contributed by atoms with van der Waals surface area (Å²) in [7, 11) is 0. The number of halogens is 3. The molecule has 18 heavy (non-hydrogen) atoms. The molecule has 0 saturated carbocycles. The van der Waals surface area contributed by atoms with Crippen LogP contribution in [-0.4, -0.2) is 12.7 Å². The molecule has 2 nitrogen and oxygen atoms in total. The molecule has 0 aliphatic carbocycles. The molecule has 2 unspecified atom stereocenters. The fraction of sp³-hybridized carbons (Fsp3) is 0.538. The van der Waals surface area contributed by atoms with Crippen LogP contribution in [0.5, 0.6) is 0 Å². The first-order valence-corrected chi connectivity index (χ1v) is 6.03. The first-order chi connectivity index (χ1) is 8.50. The minimum atomic E-state index is -4.37. The molecule has 2 N–H and O–H groups in total. The summed E-state index contributed by atoms with van der Waals surface area (Å²) in [5, 5.41) is 0. The summed E-state index contributed by atoms with van der Waals surface area (Å²) < 4.78 is 44.1. The third-order valence-electron chi connectivity index (χ3n) is 3.24. The molecular weight excluding hydrogens is 243 g/mol. The zero-order valence-electron chi connectivity index (χ0n) is 9.91. The van der Waals surface area contributed by atoms with E-state index in [2.05, 4.69) is 0 Å². The van der Waals surface area contributed by atoms with E-state index in [4.69, 9.17) is 10.5 Å². The predicted octanol–water partition coefficient (Wildman–Crippen LogP) is 3.27. The lowest BCUT2D eigenvalue weighted by Gasteiger charge is -2.29. The molecule has 0 amide bonds. The van der Waals surface area contributed by atoms with E-state index >= 15 is 0 Å². The molecule has 0 radical (unpaired) electrons. The number of hydrogen-bond acceptors (Lipinski definition) is 2. The van der Waals surface area contributed by atoms with Crippen molar-refractivity contribution in [1.29, 1.82) is 0 Å². The van der Waals surface area contributed by atoms with Gasteiger partial charge in [0.1, 0.15) is 0 Å². The van der Waals surface area contributed by atoms with Crippen LogP contribution in [0.3, 0.4) is 0 Å². The maximum atomic E-state index is 12.9. The van der Waals surface area contributed by atoms with E-state index in [0.29, 0.717) is 13.0 Å². The monoisotopic (exact) mass is 259 g/mol. The summed E-state index contributed by atoms with van der Waals surface area (Å²) in [6.45, 7) is 0.576. The molecule has 1 aliphatic rings. The molecule has 2 atom stereocenters. The van der Waals surface area contributed by atoms with E-state index in [1.807, 2.05) is 0 Å². The Morgan fingerprint density at radius 3 is 2.56 bits per heavy atom. The quantitative estimate of drug-likeness (QED) is 0.884. The van der Waals surface area contributed by atoms with Gasteiger partial charge in [0.25, 0.3) is 0 Å². The summed E-state index contributed by atoms with van der Waals surface area (Å²) >= 11 is 0. The van der Waals surface area contributed by atoms with Crippen molar-refractivity contribution in [3.63, 3.8) is 0 Å². The Morgan fingerprint density at radius 1 is 1.22 bits per heavy atom. The summed E-state index contributed by atoms with van der Waals surface area (Å²) in [6, 6.07) is 4.74. The molecule has 0 aromatic heterocycles. The van der Waals surface area contributed by atoms with Crippen molar-refractivity contribution in [3.8, 4) is 0 Å². The number of nitrogens with two attached hydrogens (primary N) is 1. The molecule has 2 rings (SSSR count). The number of hydrogen-bond donors (Lipinski definition) is 1. The van der Waals surface area contributed by atoms with Crippen LogP contribution in [0, 0.1) is 0 Å². The van der Waals surface area contributed by atoms with Gasteiger partial charge in [-0.05, 0) is 30.9 Å². The lowest BCUT2D eigenvalue weighted by Crippen LogP contribution is -2.33. The van der Waals surface area contributed by atoms with Crippen molar-refractivity contribution < 1.29 is 17.9 Å². The van der Waals surface area contributed by atoms with Gasteiger partial charge in [-0.1, -0.05) is 18.2 Å². The van der Waals surface area contributed by atoms with Crippen LogP contribution in [0.4, 0.5) is 13.2 Å². The van der Waals surface area contributed by atoms with Gasteiger partial charge in [-0.3, -0.25) is 0 Å². The minimum absolute atomic E-state index is 0.122. The maximum Gasteiger partial charge on any atom is 0.416 e. The molecule has 1 aliphatic heterocycles. The summed E-state index contributed by atoms with van der Waals surface area (Å²) in [5.74, 6) is 0. The van der Waals surface area contributed by atoms with Crippen molar-refractivity contribution in [2.75, 3.05) is 6.61 Å². The molecule has 1 heterocycles. The lowest BCUT2D eigenvalue weighted by molar-refractivity contribution is -0.138. The van der Waals surface area contributed by atoms with Crippen molar-refractivity contribution in [3.05, 3.63) is 35.4 Å². The second-order valence-electron chi connectivity index (χ2n) is 4.52. The molecule has 1 saturated heterocycles. The van der Waals surface area contributed by atoms with Gasteiger partial charge < -0.3 is 10.5 Å². The number of rotatable bonds is 2. The van der Waals surface area contributed by atoms with Crippen LogP contribution in [0.25, 0.3) is 0 Å². The Balaban J connectivity index is 2.26. The first kappa shape index (κ1) is 13.4. The molecule has 1 fully saturated rings. The molecule has 0 bridgehead atoms. The van der Waals surface area contributed by atoms with Gasteiger partial charge >= 0.3 is 6.18 Å². The summed E-state index contributed by atoms with van der Waals surface area (Å²) in [5.41, 5.74) is 5.40. The van der Waals surface area contributed by atoms with E-state index in [1.54, 1.807) is 6.07 Å². The highest BCUT2D eigenvalue weighted by atomic mass is 19.4. The van der Waals surface area contributed by atoms with Crippen molar-refractivity contribution in [2.45, 2.75) is 37.6 Å². The van der Waals surface area contributed by atoms with Gasteiger partial charge in [0, 0.05) is 6.61 Å². The molecular formula is C13H16F3NO. The molecule has 1 aromatic carbocycles. The van der Waals surface area contributed by atoms with Crippen LogP contribution < -0.4 is 5.73 Å². The van der Waals surface area contributed by atoms with Crippen molar-refractivity contribution in [2.24, 2.45) is 5.73 Å². The first-order valence-electron chi connectivity index (χ1n) is 6.03. The topological polar surface area (TPSA) is 35.2 Å². The third-order valence-corrected chi connectivity index (χ3v) is 3.24. The third kappa shape index (κ3) is 2.84. The van der Waals surface area contributed by atoms with Crippen LogP contribution >= 0.6 is 0 Å². The highest BCUT2D eigenvalue weighted by Gasteiger charge is 2.36. The average molecular weight is 259 g/mol. The zero-order valence-corrected chi connectivity index (χ0v) is 9.91. The molecule has 0 spiro atoms. The van der Waals surface area contributed by atoms with Gasteiger partial charge in [0.05, 0.1) is 17.7 Å². The molecule has 5 heteroatoms. The van der Waals surface area contributed by atoms with Crippen LogP contribution in [-0.2, 0) is 10.9 Å². The minimum Gasteiger partial charge on any atom is -0.376 e. The highest BCUT2D eigenvalue weighted by Crippen LogP contribution is 2.36. The molecule has 1 aromatic rings. The van der Waals surface area contributed by atoms with E-state index in [0.717, 1.165) is 18.9 Å². The van der Waals surface area contributed by atoms with E-state index in [-0.39, 0.29) is 11.7 Å². The Labute approximate surface area is 104 Å². The number of ether oxygens (including phenoxy) is 1. The van der Waals surface area contributed by atoms with Crippen LogP contribution in [0.1, 0.15) is 36.4 Å². The van der Waals surface area contributed by atoms with Crippen molar-refractivity contribution >= 4 is 0 Å². The fourth-order valence-electron chi connectivity index (χ4n) is 2.29. The lowest BCUT2D eigenvalue weighted by atomic mass is 9.93. The van der Waals surface area contributed by atoms with Crippen LogP contribution in [0.2, 0.25) is 0 Å². The Kier molecular flexibility index (Phi) is 3.92. The van der Waals surface area contributed by atoms with Gasteiger partial charge in [-0.15, -0.1) is 0 Å². The number of alkyl halides is 3.